The van der Waals surface area contributed by atoms with Gasteiger partial charge in [-0.25, -0.2) is 9.37 Å². The Hall–Kier alpha value is -4.37. The summed E-state index contributed by atoms with van der Waals surface area (Å²) in [5.74, 6) is -0.0766. The number of benzene rings is 3. The monoisotopic (exact) mass is 605 g/mol. The van der Waals surface area contributed by atoms with E-state index in [1.165, 1.54) is 29.3 Å². The molecule has 0 unspecified atom stereocenters. The average Bonchev–Trinajstić information content (AvgIpc) is 3.71. The molecule has 0 fully saturated rings. The van der Waals surface area contributed by atoms with Crippen molar-refractivity contribution in [2.45, 2.75) is 19.4 Å². The second-order valence-electron chi connectivity index (χ2n) is 11.0. The third-order valence-corrected chi connectivity index (χ3v) is 9.36. The van der Waals surface area contributed by atoms with Gasteiger partial charge in [-0.3, -0.25) is 4.79 Å². The predicted molar refractivity (Wildman–Crippen MR) is 175 cm³/mol. The third-order valence-electron chi connectivity index (χ3n) is 8.43. The van der Waals surface area contributed by atoms with Gasteiger partial charge in [0.15, 0.2) is 0 Å². The number of thiophene rings is 1. The molecular weight excluding hydrogens is 573 g/mol. The summed E-state index contributed by atoms with van der Waals surface area (Å²) in [5, 5.41) is 6.56. The number of hydrogen-bond donors (Lipinski definition) is 1. The predicted octanol–water partition coefficient (Wildman–Crippen LogP) is 7.18. The summed E-state index contributed by atoms with van der Waals surface area (Å²) < 4.78 is 26.9. The van der Waals surface area contributed by atoms with Gasteiger partial charge in [0.2, 0.25) is 5.91 Å². The first-order valence-electron chi connectivity index (χ1n) is 14.8. The summed E-state index contributed by atoms with van der Waals surface area (Å²) >= 11 is 1.63. The highest BCUT2D eigenvalue weighted by atomic mass is 32.1. The van der Waals surface area contributed by atoms with Crippen molar-refractivity contribution in [3.8, 4) is 39.4 Å². The average molecular weight is 606 g/mol. The van der Waals surface area contributed by atoms with Gasteiger partial charge in [-0.15, -0.1) is 11.3 Å². The van der Waals surface area contributed by atoms with E-state index in [2.05, 4.69) is 53.7 Å². The Bertz CT molecular complexity index is 1920. The van der Waals surface area contributed by atoms with E-state index in [9.17, 15) is 9.18 Å². The van der Waals surface area contributed by atoms with Crippen LogP contribution in [0.15, 0.2) is 78.7 Å². The molecule has 2 aliphatic heterocycles. The zero-order valence-electron chi connectivity index (χ0n) is 24.5. The minimum absolute atomic E-state index is 0.126. The zero-order chi connectivity index (χ0) is 30.2. The molecule has 0 atom stereocenters. The van der Waals surface area contributed by atoms with Crippen molar-refractivity contribution in [2.24, 2.45) is 0 Å². The number of carbonyl (C=O) groups excluding carboxylic acids is 1. The van der Waals surface area contributed by atoms with E-state index >= 15 is 0 Å². The summed E-state index contributed by atoms with van der Waals surface area (Å²) in [7, 11) is 1.61. The fraction of sp³-hybridized carbons (Fsp3) is 0.222. The van der Waals surface area contributed by atoms with Gasteiger partial charge in [-0.05, 0) is 77.9 Å². The molecule has 0 bridgehead atoms. The maximum absolute atomic E-state index is 14.6. The number of fused-ring (bicyclic) bond motifs is 3. The second kappa shape index (κ2) is 12.0. The van der Waals surface area contributed by atoms with Crippen molar-refractivity contribution in [3.63, 3.8) is 0 Å². The molecule has 2 aliphatic rings. The molecule has 8 heteroatoms. The third kappa shape index (κ3) is 5.09. The molecular formula is C36H32FN3O3S. The molecule has 1 N–H and O–H groups in total. The molecule has 6 nitrogen and oxygen atoms in total. The summed E-state index contributed by atoms with van der Waals surface area (Å²) in [5.41, 5.74) is 9.81. The number of amides is 1. The van der Waals surface area contributed by atoms with Crippen molar-refractivity contribution < 1.29 is 18.7 Å². The molecule has 1 amide bonds. The zero-order valence-corrected chi connectivity index (χ0v) is 25.3. The molecule has 44 heavy (non-hydrogen) atoms. The molecule has 0 spiro atoms. The van der Waals surface area contributed by atoms with Gasteiger partial charge >= 0.3 is 0 Å². The number of rotatable bonds is 8. The minimum Gasteiger partial charge on any atom is -0.490 e. The van der Waals surface area contributed by atoms with Gasteiger partial charge in [-0.1, -0.05) is 30.8 Å². The number of hydrogen-bond acceptors (Lipinski definition) is 6. The number of methoxy groups -OCH3 is 1. The Morgan fingerprint density at radius 1 is 1.02 bits per heavy atom. The van der Waals surface area contributed by atoms with Crippen LogP contribution in [0.4, 0.5) is 10.1 Å². The Morgan fingerprint density at radius 2 is 1.86 bits per heavy atom. The topological polar surface area (TPSA) is 63.7 Å². The van der Waals surface area contributed by atoms with Gasteiger partial charge in [0.1, 0.15) is 18.2 Å². The molecule has 0 aliphatic carbocycles. The van der Waals surface area contributed by atoms with E-state index in [0.29, 0.717) is 18.9 Å². The van der Waals surface area contributed by atoms with E-state index in [1.807, 2.05) is 6.07 Å². The molecule has 4 heterocycles. The molecule has 0 saturated heterocycles. The van der Waals surface area contributed by atoms with E-state index in [4.69, 9.17) is 14.5 Å². The fourth-order valence-electron chi connectivity index (χ4n) is 6.25. The van der Waals surface area contributed by atoms with Crippen LogP contribution in [0.5, 0.6) is 5.75 Å². The highest BCUT2D eigenvalue weighted by Gasteiger charge is 2.27. The molecule has 222 valence electrons. The lowest BCUT2D eigenvalue weighted by molar-refractivity contribution is -0.114. The maximum atomic E-state index is 14.6. The molecule has 2 aromatic heterocycles. The SMILES string of the molecule is C=CC(=O)N1CCc2ccc(-c3nc(-c4ccc5c(c4)CCNC5)c4ccsc4c3-c3ccc(F)cc3OCCOC)cc21. The molecule has 7 rings (SSSR count). The van der Waals surface area contributed by atoms with Crippen LogP contribution < -0.4 is 15.0 Å². The van der Waals surface area contributed by atoms with E-state index in [0.717, 1.165) is 80.9 Å². The summed E-state index contributed by atoms with van der Waals surface area (Å²) in [6.45, 7) is 6.79. The quantitative estimate of drug-likeness (QED) is 0.150. The van der Waals surface area contributed by atoms with Gasteiger partial charge in [-0.2, -0.15) is 0 Å². The van der Waals surface area contributed by atoms with Gasteiger partial charge in [0.25, 0.3) is 0 Å². The van der Waals surface area contributed by atoms with Crippen LogP contribution in [0.3, 0.4) is 0 Å². The minimum atomic E-state index is -0.380. The smallest absolute Gasteiger partial charge is 0.250 e. The number of nitrogens with one attached hydrogen (secondary N) is 1. The van der Waals surface area contributed by atoms with Crippen LogP contribution in [0, 0.1) is 5.82 Å². The van der Waals surface area contributed by atoms with E-state index < -0.39 is 0 Å². The number of carbonyl (C=O) groups is 1. The van der Waals surface area contributed by atoms with Crippen molar-refractivity contribution in [3.05, 3.63) is 101 Å². The van der Waals surface area contributed by atoms with Crippen molar-refractivity contribution in [1.82, 2.24) is 10.3 Å². The van der Waals surface area contributed by atoms with E-state index in [1.54, 1.807) is 29.4 Å². The van der Waals surface area contributed by atoms with E-state index in [-0.39, 0.29) is 18.3 Å². The van der Waals surface area contributed by atoms with Crippen LogP contribution in [-0.2, 0) is 28.9 Å². The number of anilines is 1. The Labute approximate surface area is 259 Å². The Morgan fingerprint density at radius 3 is 2.70 bits per heavy atom. The van der Waals surface area contributed by atoms with Crippen LogP contribution in [0.25, 0.3) is 43.7 Å². The summed E-state index contributed by atoms with van der Waals surface area (Å²) in [6.07, 6.45) is 3.11. The Balaban J connectivity index is 1.48. The molecule has 0 radical (unpaired) electrons. The van der Waals surface area contributed by atoms with Crippen molar-refractivity contribution in [2.75, 3.05) is 38.3 Å². The highest BCUT2D eigenvalue weighted by molar-refractivity contribution is 7.18. The summed E-state index contributed by atoms with van der Waals surface area (Å²) in [6, 6.07) is 19.6. The number of ether oxygens (including phenoxy) is 2. The van der Waals surface area contributed by atoms with Crippen LogP contribution in [0.2, 0.25) is 0 Å². The van der Waals surface area contributed by atoms with Crippen LogP contribution >= 0.6 is 11.3 Å². The lowest BCUT2D eigenvalue weighted by Crippen LogP contribution is -2.26. The molecule has 0 saturated carbocycles. The normalized spacial score (nSPS) is 14.0. The fourth-order valence-corrected chi connectivity index (χ4v) is 7.21. The number of pyridine rings is 1. The van der Waals surface area contributed by atoms with Crippen molar-refractivity contribution >= 4 is 33.0 Å². The van der Waals surface area contributed by atoms with Gasteiger partial charge in [0, 0.05) is 64.3 Å². The molecule has 5 aromatic rings. The standard InChI is InChI=1S/C36H32FN3O3S/c1-3-32(41)40-14-11-22-4-5-25(19-30(22)40)35-33(28-9-8-27(37)20-31(28)43-16-15-42-2)36-29(12-17-44-36)34(39-35)24-6-7-26-21-38-13-10-23(26)18-24/h3-9,12,17-20,38H,1,10-11,13-16,21H2,2H3. The highest BCUT2D eigenvalue weighted by Crippen LogP contribution is 2.47. The largest absolute Gasteiger partial charge is 0.490 e. The first-order valence-corrected chi connectivity index (χ1v) is 15.7. The van der Waals surface area contributed by atoms with Gasteiger partial charge in [0.05, 0.1) is 18.0 Å². The number of halogens is 1. The molecule has 3 aromatic carbocycles. The number of nitrogens with zero attached hydrogens (tertiary/aromatic N) is 2. The first kappa shape index (κ1) is 28.4. The lowest BCUT2D eigenvalue weighted by Gasteiger charge is -2.21. The first-order chi connectivity index (χ1) is 21.6. The lowest BCUT2D eigenvalue weighted by atomic mass is 9.92. The number of aromatic nitrogens is 1. The maximum Gasteiger partial charge on any atom is 0.250 e. The van der Waals surface area contributed by atoms with Crippen LogP contribution in [-0.4, -0.2) is 44.3 Å². The van der Waals surface area contributed by atoms with Crippen LogP contribution in [0.1, 0.15) is 16.7 Å². The Kier molecular flexibility index (Phi) is 7.72. The summed E-state index contributed by atoms with van der Waals surface area (Å²) in [4.78, 5) is 19.9. The second-order valence-corrected chi connectivity index (χ2v) is 11.9. The van der Waals surface area contributed by atoms with Gasteiger partial charge < -0.3 is 19.7 Å². The van der Waals surface area contributed by atoms with Crippen molar-refractivity contribution in [1.29, 1.82) is 0 Å².